The lowest BCUT2D eigenvalue weighted by molar-refractivity contribution is -0.156. The molecule has 1 saturated heterocycles. The number of carbonyl (C=O) groups is 3. The average molecular weight is 601 g/mol. The van der Waals surface area contributed by atoms with E-state index in [-0.39, 0.29) is 57.9 Å². The summed E-state index contributed by atoms with van der Waals surface area (Å²) in [6.45, 7) is 8.51. The lowest BCUT2D eigenvalue weighted by Gasteiger charge is -2.43. The number of aromatic nitrogens is 1. The van der Waals surface area contributed by atoms with Gasteiger partial charge in [-0.2, -0.15) is 0 Å². The molecule has 11 heteroatoms. The van der Waals surface area contributed by atoms with Crippen LogP contribution in [0.3, 0.4) is 0 Å². The number of aliphatic carboxylic acids is 1. The summed E-state index contributed by atoms with van der Waals surface area (Å²) >= 11 is 2.81. The summed E-state index contributed by atoms with van der Waals surface area (Å²) in [6, 6.07) is 4.76. The fourth-order valence-corrected chi connectivity index (χ4v) is 10.6. The first kappa shape index (κ1) is 28.3. The number of nitrogens with one attached hydrogen (secondary N) is 1. The van der Waals surface area contributed by atoms with Gasteiger partial charge in [0.25, 0.3) is 0 Å². The van der Waals surface area contributed by atoms with Gasteiger partial charge in [-0.1, -0.05) is 45.1 Å². The minimum absolute atomic E-state index is 0.0161. The van der Waals surface area contributed by atoms with E-state index in [0.29, 0.717) is 24.0 Å². The Kier molecular flexibility index (Phi) is 7.25. The lowest BCUT2D eigenvalue weighted by atomic mass is 9.68. The number of carboxylic acids is 1. The molecule has 3 fully saturated rings. The molecule has 3 heterocycles. The number of fused-ring (bicyclic) bond motifs is 9. The van der Waals surface area contributed by atoms with E-state index in [4.69, 9.17) is 9.47 Å². The second-order valence-corrected chi connectivity index (χ2v) is 14.8. The Labute approximate surface area is 247 Å². The quantitative estimate of drug-likeness (QED) is 0.405. The maximum absolute atomic E-state index is 13.9. The van der Waals surface area contributed by atoms with Crippen molar-refractivity contribution in [1.82, 2.24) is 9.88 Å². The third-order valence-corrected chi connectivity index (χ3v) is 11.8. The highest BCUT2D eigenvalue weighted by Gasteiger charge is 2.70. The predicted octanol–water partition coefficient (Wildman–Crippen LogP) is 4.45. The van der Waals surface area contributed by atoms with E-state index in [9.17, 15) is 24.3 Å². The van der Waals surface area contributed by atoms with Crippen molar-refractivity contribution in [2.75, 3.05) is 13.7 Å². The number of hydrogen-bond acceptors (Lipinski definition) is 8. The van der Waals surface area contributed by atoms with Gasteiger partial charge in [0.1, 0.15) is 6.04 Å². The number of likely N-dealkylation sites (tertiary alicyclic amines) is 1. The lowest BCUT2D eigenvalue weighted by Crippen LogP contribution is -2.47. The number of imide groups is 1. The summed E-state index contributed by atoms with van der Waals surface area (Å²) in [7, 11) is 1.61. The van der Waals surface area contributed by atoms with Crippen molar-refractivity contribution in [2.45, 2.75) is 62.8 Å². The molecular formula is C30H36N2O7S2. The van der Waals surface area contributed by atoms with Gasteiger partial charge in [0.15, 0.2) is 11.5 Å². The fraction of sp³-hybridized carbons (Fsp3) is 0.600. The number of thiazole rings is 1. The highest BCUT2D eigenvalue weighted by Crippen LogP contribution is 2.68. The molecule has 2 aromatic rings. The van der Waals surface area contributed by atoms with E-state index in [1.54, 1.807) is 18.9 Å². The third kappa shape index (κ3) is 4.50. The van der Waals surface area contributed by atoms with Crippen LogP contribution in [0.2, 0.25) is 0 Å². The summed E-state index contributed by atoms with van der Waals surface area (Å²) in [6.07, 6.45) is 0.975. The number of amides is 2. The molecule has 2 saturated carbocycles. The molecule has 8 unspecified atom stereocenters. The van der Waals surface area contributed by atoms with E-state index < -0.39 is 23.8 Å². The second kappa shape index (κ2) is 10.5. The highest BCUT2D eigenvalue weighted by molar-refractivity contribution is 8.00. The number of H-pyrrole nitrogens is 1. The van der Waals surface area contributed by atoms with Crippen LogP contribution in [0, 0.1) is 41.4 Å². The maximum Gasteiger partial charge on any atom is 0.326 e. The first-order valence-electron chi connectivity index (χ1n) is 14.3. The maximum atomic E-state index is 13.9. The van der Waals surface area contributed by atoms with Gasteiger partial charge in [0, 0.05) is 16.0 Å². The Bertz CT molecular complexity index is 1450. The van der Waals surface area contributed by atoms with Crippen LogP contribution in [0.15, 0.2) is 28.0 Å². The van der Waals surface area contributed by atoms with Crippen molar-refractivity contribution in [3.05, 3.63) is 38.3 Å². The molecule has 1 aromatic carbocycles. The topological polar surface area (TPSA) is 126 Å². The van der Waals surface area contributed by atoms with Crippen LogP contribution < -0.4 is 14.3 Å². The highest BCUT2D eigenvalue weighted by atomic mass is 32.2. The molecule has 9 nitrogen and oxygen atoms in total. The second-order valence-electron chi connectivity index (χ2n) is 12.6. The largest absolute Gasteiger partial charge is 0.493 e. The summed E-state index contributed by atoms with van der Waals surface area (Å²) in [5.74, 6) is -1.52. The molecule has 220 valence electrons. The first-order valence-corrected chi connectivity index (χ1v) is 16.0. The number of hydrogen-bond donors (Lipinski definition) is 2. The number of methoxy groups -OCH3 is 1. The van der Waals surface area contributed by atoms with Gasteiger partial charge in [-0.25, -0.2) is 4.79 Å². The zero-order valence-electron chi connectivity index (χ0n) is 23.8. The normalized spacial score (nSPS) is 30.5. The van der Waals surface area contributed by atoms with Crippen LogP contribution in [0.25, 0.3) is 0 Å². The summed E-state index contributed by atoms with van der Waals surface area (Å²) in [5.41, 5.74) is 0.978. The molecular weight excluding hydrogens is 564 g/mol. The molecule has 2 aliphatic carbocycles. The van der Waals surface area contributed by atoms with Crippen LogP contribution in [0.4, 0.5) is 0 Å². The Hall–Kier alpha value is -2.79. The monoisotopic (exact) mass is 600 g/mol. The molecule has 2 amide bonds. The Morgan fingerprint density at radius 1 is 1.07 bits per heavy atom. The zero-order valence-corrected chi connectivity index (χ0v) is 25.4. The van der Waals surface area contributed by atoms with Crippen molar-refractivity contribution >= 4 is 40.9 Å². The summed E-state index contributed by atoms with van der Waals surface area (Å²) < 4.78 is 11.7. The number of thioether (sulfide) groups is 1. The van der Waals surface area contributed by atoms with Crippen molar-refractivity contribution in [3.8, 4) is 11.5 Å². The summed E-state index contributed by atoms with van der Waals surface area (Å²) in [4.78, 5) is 57.4. The Morgan fingerprint density at radius 3 is 2.41 bits per heavy atom. The number of carboxylic acid groups (broad SMARTS) is 1. The van der Waals surface area contributed by atoms with Gasteiger partial charge >= 0.3 is 10.8 Å². The first-order chi connectivity index (χ1) is 19.5. The Balaban J connectivity index is 1.39. The fourth-order valence-electron chi connectivity index (χ4n) is 7.74. The average Bonchev–Trinajstić information content (AvgIpc) is 3.64. The van der Waals surface area contributed by atoms with E-state index in [2.05, 4.69) is 18.8 Å². The van der Waals surface area contributed by atoms with E-state index in [1.165, 1.54) is 11.3 Å². The van der Waals surface area contributed by atoms with Crippen LogP contribution in [0.1, 0.15) is 56.9 Å². The molecule has 8 atom stereocenters. The number of benzene rings is 1. The van der Waals surface area contributed by atoms with Gasteiger partial charge < -0.3 is 19.6 Å². The van der Waals surface area contributed by atoms with Gasteiger partial charge in [-0.15, -0.1) is 11.8 Å². The molecule has 2 bridgehead atoms. The smallest absolute Gasteiger partial charge is 0.326 e. The van der Waals surface area contributed by atoms with Gasteiger partial charge in [0.05, 0.1) is 30.6 Å². The van der Waals surface area contributed by atoms with Crippen molar-refractivity contribution in [1.29, 1.82) is 0 Å². The number of aromatic amines is 1. The van der Waals surface area contributed by atoms with Crippen LogP contribution in [-0.2, 0) is 14.4 Å². The van der Waals surface area contributed by atoms with E-state index in [0.717, 1.165) is 26.8 Å². The molecule has 1 aromatic heterocycles. The number of ether oxygens (including phenoxy) is 2. The molecule has 2 aliphatic heterocycles. The van der Waals surface area contributed by atoms with Gasteiger partial charge in [-0.05, 0) is 60.1 Å². The zero-order chi connectivity index (χ0) is 29.3. The summed E-state index contributed by atoms with van der Waals surface area (Å²) in [5, 5.41) is 10.8. The van der Waals surface area contributed by atoms with Crippen LogP contribution in [-0.4, -0.2) is 57.8 Å². The minimum Gasteiger partial charge on any atom is -0.493 e. The van der Waals surface area contributed by atoms with Gasteiger partial charge in [0.2, 0.25) is 11.8 Å². The third-order valence-electron chi connectivity index (χ3n) is 9.17. The minimum atomic E-state index is -1.15. The molecule has 0 spiro atoms. The van der Waals surface area contributed by atoms with E-state index >= 15 is 0 Å². The van der Waals surface area contributed by atoms with Gasteiger partial charge in [-0.3, -0.25) is 19.3 Å². The molecule has 2 N–H and O–H groups in total. The molecule has 41 heavy (non-hydrogen) atoms. The van der Waals surface area contributed by atoms with Crippen molar-refractivity contribution in [2.24, 2.45) is 41.4 Å². The molecule has 0 radical (unpaired) electrons. The van der Waals surface area contributed by atoms with Crippen LogP contribution in [0.5, 0.6) is 11.5 Å². The standard InChI is InChI=1S/C30H36N2O7S2/c1-12(2)8-17(29(35)36)32-27(33)22-15-10-16(23(22)28(32)34)24-21(15)20(25-26(40-24)31-30(37)41-25)14-6-7-18(19(9-14)38-5)39-11-13(3)4/h6-7,9,12-13,15-17,20-24H,8,10-11H2,1-5H3,(H,31,37)(H,35,36). The number of carbonyl (C=O) groups excluding carboxylic acids is 2. The van der Waals surface area contributed by atoms with E-state index in [1.807, 2.05) is 32.0 Å². The molecule has 6 rings (SSSR count). The number of nitrogens with zero attached hydrogens (tertiary/aromatic N) is 1. The van der Waals surface area contributed by atoms with Crippen molar-refractivity contribution < 1.29 is 29.0 Å². The van der Waals surface area contributed by atoms with Crippen molar-refractivity contribution in [3.63, 3.8) is 0 Å². The van der Waals surface area contributed by atoms with Crippen LogP contribution >= 0.6 is 23.1 Å². The SMILES string of the molecule is COc1cc(C2c3sc(=O)[nH]c3SC3C4CC(C5C(=O)N(C(CC(C)C)C(=O)O)C(=O)C45)C23)ccc1OCC(C)C. The number of rotatable bonds is 9. The predicted molar refractivity (Wildman–Crippen MR) is 155 cm³/mol. The molecule has 4 aliphatic rings. The Morgan fingerprint density at radius 2 is 1.78 bits per heavy atom.